The maximum Gasteiger partial charge on any atom is 0.334 e. The molecule has 1 aliphatic rings. The van der Waals surface area contributed by atoms with Crippen molar-refractivity contribution in [1.29, 1.82) is 0 Å². The average molecular weight is 426 g/mol. The first-order chi connectivity index (χ1) is 15.4. The van der Waals surface area contributed by atoms with E-state index in [0.717, 1.165) is 46.4 Å². The molecule has 2 aromatic carbocycles. The highest BCUT2D eigenvalue weighted by Gasteiger charge is 2.20. The van der Waals surface area contributed by atoms with Crippen LogP contribution in [0.4, 0.5) is 0 Å². The minimum Gasteiger partial charge on any atom is -0.466 e. The zero-order valence-corrected chi connectivity index (χ0v) is 18.8. The van der Waals surface area contributed by atoms with Crippen molar-refractivity contribution >= 4 is 17.8 Å². The monoisotopic (exact) mass is 425 g/mol. The molecule has 0 bridgehead atoms. The standard InChI is InChI=1S/C28H27NO3/c1-18-4-9-22(10-5-18)27(30)14-20-7-6-19(2)23(12-20)11-8-21-13-24-15-25(28(31)32-3)16-26(24)29-17-21/h4-7,9-10,12-13,15,17H,8,11,14,16H2,1-3H3. The summed E-state index contributed by atoms with van der Waals surface area (Å²) in [6.07, 6.45) is 6.41. The number of ether oxygens (including phenoxy) is 1. The van der Waals surface area contributed by atoms with Gasteiger partial charge in [0.05, 0.1) is 12.8 Å². The van der Waals surface area contributed by atoms with Gasteiger partial charge in [0.1, 0.15) is 0 Å². The number of esters is 1. The fourth-order valence-corrected chi connectivity index (χ4v) is 4.06. The predicted octanol–water partition coefficient (Wildman–Crippen LogP) is 5.02. The number of ketones is 1. The van der Waals surface area contributed by atoms with Crippen LogP contribution in [0.15, 0.2) is 60.3 Å². The van der Waals surface area contributed by atoms with E-state index in [0.29, 0.717) is 18.4 Å². The van der Waals surface area contributed by atoms with Gasteiger partial charge in [0.25, 0.3) is 0 Å². The molecule has 1 aromatic heterocycles. The number of pyridine rings is 1. The third-order valence-electron chi connectivity index (χ3n) is 6.03. The fraction of sp³-hybridized carbons (Fsp3) is 0.250. The van der Waals surface area contributed by atoms with Gasteiger partial charge in [-0.2, -0.15) is 0 Å². The Morgan fingerprint density at radius 2 is 1.75 bits per heavy atom. The molecule has 1 heterocycles. The van der Waals surface area contributed by atoms with Crippen molar-refractivity contribution in [2.45, 2.75) is 39.5 Å². The Morgan fingerprint density at radius 1 is 0.969 bits per heavy atom. The molecule has 162 valence electrons. The lowest BCUT2D eigenvalue weighted by molar-refractivity contribution is -0.136. The second-order valence-corrected chi connectivity index (χ2v) is 8.44. The van der Waals surface area contributed by atoms with Crippen molar-refractivity contribution in [3.8, 4) is 0 Å². The van der Waals surface area contributed by atoms with E-state index in [1.54, 1.807) is 0 Å². The number of carbonyl (C=O) groups excluding carboxylic acids is 2. The van der Waals surface area contributed by atoms with E-state index in [1.807, 2.05) is 49.5 Å². The van der Waals surface area contributed by atoms with Gasteiger partial charge in [0.2, 0.25) is 0 Å². The van der Waals surface area contributed by atoms with Gasteiger partial charge >= 0.3 is 5.97 Å². The van der Waals surface area contributed by atoms with Gasteiger partial charge < -0.3 is 4.74 Å². The minimum absolute atomic E-state index is 0.135. The topological polar surface area (TPSA) is 56.3 Å². The van der Waals surface area contributed by atoms with Crippen LogP contribution in [0.1, 0.15) is 49.4 Å². The molecule has 32 heavy (non-hydrogen) atoms. The number of carbonyl (C=O) groups is 2. The zero-order valence-electron chi connectivity index (χ0n) is 18.8. The Labute approximate surface area is 189 Å². The number of hydrogen-bond acceptors (Lipinski definition) is 4. The van der Waals surface area contributed by atoms with Crippen LogP contribution in [0.25, 0.3) is 6.08 Å². The molecule has 0 amide bonds. The van der Waals surface area contributed by atoms with E-state index < -0.39 is 0 Å². The normalized spacial score (nSPS) is 12.3. The lowest BCUT2D eigenvalue weighted by Gasteiger charge is -2.10. The van der Waals surface area contributed by atoms with E-state index in [4.69, 9.17) is 4.74 Å². The average Bonchev–Trinajstić information content (AvgIpc) is 3.22. The van der Waals surface area contributed by atoms with Crippen molar-refractivity contribution in [2.24, 2.45) is 0 Å². The van der Waals surface area contributed by atoms with Crippen LogP contribution in [0.2, 0.25) is 0 Å². The Bertz CT molecular complexity index is 1210. The third-order valence-corrected chi connectivity index (χ3v) is 6.03. The Balaban J connectivity index is 1.44. The van der Waals surface area contributed by atoms with Gasteiger partial charge in [-0.1, -0.05) is 48.0 Å². The number of nitrogens with zero attached hydrogens (tertiary/aromatic N) is 1. The molecular formula is C28H27NO3. The van der Waals surface area contributed by atoms with Crippen molar-refractivity contribution in [2.75, 3.05) is 7.11 Å². The van der Waals surface area contributed by atoms with E-state index in [1.165, 1.54) is 18.2 Å². The quantitative estimate of drug-likeness (QED) is 0.394. The predicted molar refractivity (Wildman–Crippen MR) is 126 cm³/mol. The van der Waals surface area contributed by atoms with Crippen LogP contribution >= 0.6 is 0 Å². The molecule has 0 fully saturated rings. The highest BCUT2D eigenvalue weighted by molar-refractivity contribution is 5.97. The fourth-order valence-electron chi connectivity index (χ4n) is 4.06. The Morgan fingerprint density at radius 3 is 2.50 bits per heavy atom. The molecule has 0 spiro atoms. The largest absolute Gasteiger partial charge is 0.466 e. The van der Waals surface area contributed by atoms with E-state index >= 15 is 0 Å². The number of rotatable bonds is 7. The maximum atomic E-state index is 12.7. The molecule has 0 saturated carbocycles. The van der Waals surface area contributed by atoms with Crippen LogP contribution in [0.3, 0.4) is 0 Å². The van der Waals surface area contributed by atoms with E-state index in [-0.39, 0.29) is 11.8 Å². The first-order valence-electron chi connectivity index (χ1n) is 10.9. The van der Waals surface area contributed by atoms with Crippen molar-refractivity contribution in [1.82, 2.24) is 4.98 Å². The summed E-state index contributed by atoms with van der Waals surface area (Å²) in [5.74, 6) is -0.159. The second kappa shape index (κ2) is 9.31. The minimum atomic E-state index is -0.294. The van der Waals surface area contributed by atoms with Gasteiger partial charge in [-0.05, 0) is 66.6 Å². The highest BCUT2D eigenvalue weighted by atomic mass is 16.5. The lowest BCUT2D eigenvalue weighted by Crippen LogP contribution is -2.05. The van der Waals surface area contributed by atoms with Gasteiger partial charge in [-0.15, -0.1) is 0 Å². The summed E-state index contributed by atoms with van der Waals surface area (Å²) in [6, 6.07) is 16.1. The van der Waals surface area contributed by atoms with E-state index in [2.05, 4.69) is 30.1 Å². The number of aryl methyl sites for hydroxylation is 4. The summed E-state index contributed by atoms with van der Waals surface area (Å²) in [7, 11) is 1.40. The molecule has 0 aliphatic heterocycles. The molecule has 0 saturated heterocycles. The number of methoxy groups -OCH3 is 1. The van der Waals surface area contributed by atoms with Crippen LogP contribution in [-0.2, 0) is 35.2 Å². The van der Waals surface area contributed by atoms with Gasteiger partial charge in [0, 0.05) is 30.2 Å². The second-order valence-electron chi connectivity index (χ2n) is 8.44. The van der Waals surface area contributed by atoms with Crippen molar-refractivity contribution in [3.63, 3.8) is 0 Å². The first-order valence-corrected chi connectivity index (χ1v) is 10.9. The molecule has 3 aromatic rings. The molecule has 0 unspecified atom stereocenters. The molecule has 4 rings (SSSR count). The summed E-state index contributed by atoms with van der Waals surface area (Å²) in [4.78, 5) is 29.0. The highest BCUT2D eigenvalue weighted by Crippen LogP contribution is 2.25. The van der Waals surface area contributed by atoms with Crippen LogP contribution in [0, 0.1) is 13.8 Å². The number of Topliss-reactive ketones (excluding diaryl/α,β-unsaturated/α-hetero) is 1. The Hall–Kier alpha value is -3.53. The summed E-state index contributed by atoms with van der Waals surface area (Å²) < 4.78 is 4.83. The third kappa shape index (κ3) is 4.86. The summed E-state index contributed by atoms with van der Waals surface area (Å²) in [6.45, 7) is 4.12. The number of aromatic nitrogens is 1. The van der Waals surface area contributed by atoms with Crippen molar-refractivity contribution < 1.29 is 14.3 Å². The number of fused-ring (bicyclic) bond motifs is 1. The molecule has 0 atom stereocenters. The van der Waals surface area contributed by atoms with E-state index in [9.17, 15) is 9.59 Å². The summed E-state index contributed by atoms with van der Waals surface area (Å²) in [5, 5.41) is 0. The molecule has 0 radical (unpaired) electrons. The molecule has 4 heteroatoms. The number of hydrogen-bond donors (Lipinski definition) is 0. The Kier molecular flexibility index (Phi) is 6.31. The summed E-state index contributed by atoms with van der Waals surface area (Å²) in [5.41, 5.74) is 9.09. The number of benzene rings is 2. The van der Waals surface area contributed by atoms with Gasteiger partial charge in [-0.25, -0.2) is 4.79 Å². The molecule has 4 nitrogen and oxygen atoms in total. The molecular weight excluding hydrogens is 398 g/mol. The lowest BCUT2D eigenvalue weighted by atomic mass is 9.95. The molecule has 1 aliphatic carbocycles. The first kappa shape index (κ1) is 21.7. The van der Waals surface area contributed by atoms with Crippen molar-refractivity contribution in [3.05, 3.63) is 105 Å². The maximum absolute atomic E-state index is 12.7. The smallest absolute Gasteiger partial charge is 0.334 e. The van der Waals surface area contributed by atoms with Crippen LogP contribution in [-0.4, -0.2) is 23.8 Å². The van der Waals surface area contributed by atoms with Gasteiger partial charge in [0.15, 0.2) is 5.78 Å². The van der Waals surface area contributed by atoms with Gasteiger partial charge in [-0.3, -0.25) is 9.78 Å². The zero-order chi connectivity index (χ0) is 22.7. The summed E-state index contributed by atoms with van der Waals surface area (Å²) >= 11 is 0. The molecule has 0 N–H and O–H groups in total. The SMILES string of the molecule is COC(=O)C1=Cc2cc(CCc3cc(CC(=O)c4ccc(C)cc4)ccc3C)cnc2C1. The van der Waals surface area contributed by atoms with Crippen LogP contribution in [0.5, 0.6) is 0 Å². The van der Waals surface area contributed by atoms with Crippen LogP contribution < -0.4 is 0 Å².